The van der Waals surface area contributed by atoms with Gasteiger partial charge in [0.05, 0.1) is 25.0 Å². The van der Waals surface area contributed by atoms with Crippen LogP contribution < -0.4 is 10.5 Å². The van der Waals surface area contributed by atoms with E-state index in [2.05, 4.69) is 11.7 Å². The predicted molar refractivity (Wildman–Crippen MR) is 71.8 cm³/mol. The molecule has 1 aromatic carbocycles. The van der Waals surface area contributed by atoms with Crippen LogP contribution in [0.4, 0.5) is 5.69 Å². The average Bonchev–Trinajstić information content (AvgIpc) is 2.39. The Morgan fingerprint density at radius 1 is 1.28 bits per heavy atom. The van der Waals surface area contributed by atoms with Crippen molar-refractivity contribution in [3.63, 3.8) is 0 Å². The molecule has 0 spiro atoms. The van der Waals surface area contributed by atoms with Gasteiger partial charge in [0.15, 0.2) is 0 Å². The summed E-state index contributed by atoms with van der Waals surface area (Å²) in [5.74, 6) is 0.110. The highest BCUT2D eigenvalue weighted by molar-refractivity contribution is 5.96. The van der Waals surface area contributed by atoms with E-state index < -0.39 is 5.97 Å². The topological polar surface area (TPSA) is 61.5 Å². The van der Waals surface area contributed by atoms with Gasteiger partial charge in [0.1, 0.15) is 5.75 Å². The van der Waals surface area contributed by atoms with Gasteiger partial charge in [-0.3, -0.25) is 0 Å². The zero-order valence-corrected chi connectivity index (χ0v) is 11.1. The highest BCUT2D eigenvalue weighted by atomic mass is 16.5. The molecule has 0 unspecified atom stereocenters. The molecular formula is C14H21NO3. The Hall–Kier alpha value is -1.71. The summed E-state index contributed by atoms with van der Waals surface area (Å²) in [6.45, 7) is 2.79. The molecule has 0 radical (unpaired) electrons. The van der Waals surface area contributed by atoms with Crippen LogP contribution in [-0.4, -0.2) is 19.7 Å². The van der Waals surface area contributed by atoms with Crippen molar-refractivity contribution in [2.75, 3.05) is 19.5 Å². The lowest BCUT2D eigenvalue weighted by Crippen LogP contribution is -2.08. The number of anilines is 1. The molecule has 0 saturated heterocycles. The first kappa shape index (κ1) is 14.4. The third-order valence-electron chi connectivity index (χ3n) is 2.73. The highest BCUT2D eigenvalue weighted by Gasteiger charge is 2.13. The summed E-state index contributed by atoms with van der Waals surface area (Å²) < 4.78 is 10.2. The molecular weight excluding hydrogens is 230 g/mol. The SMILES string of the molecule is CCCCCCOc1cccc(C(=O)OC)c1N. The molecule has 4 heteroatoms. The van der Waals surface area contributed by atoms with Crippen LogP contribution in [0.2, 0.25) is 0 Å². The van der Waals surface area contributed by atoms with Gasteiger partial charge in [-0.1, -0.05) is 32.3 Å². The molecule has 18 heavy (non-hydrogen) atoms. The van der Waals surface area contributed by atoms with E-state index in [4.69, 9.17) is 10.5 Å². The number of para-hydroxylation sites is 1. The number of esters is 1. The summed E-state index contributed by atoms with van der Waals surface area (Å²) in [6.07, 6.45) is 4.55. The van der Waals surface area contributed by atoms with Gasteiger partial charge in [-0.15, -0.1) is 0 Å². The molecule has 1 aromatic rings. The third kappa shape index (κ3) is 3.95. The molecule has 0 aliphatic carbocycles. The Kier molecular flexibility index (Phi) is 6.05. The first-order valence-electron chi connectivity index (χ1n) is 6.30. The van der Waals surface area contributed by atoms with E-state index in [-0.39, 0.29) is 0 Å². The van der Waals surface area contributed by atoms with E-state index in [0.717, 1.165) is 12.8 Å². The Morgan fingerprint density at radius 2 is 2.06 bits per heavy atom. The van der Waals surface area contributed by atoms with Crippen LogP contribution in [0, 0.1) is 0 Å². The molecule has 0 aliphatic rings. The van der Waals surface area contributed by atoms with Gasteiger partial charge in [0.2, 0.25) is 0 Å². The van der Waals surface area contributed by atoms with Crippen LogP contribution in [0.1, 0.15) is 43.0 Å². The maximum atomic E-state index is 11.4. The summed E-state index contributed by atoms with van der Waals surface area (Å²) >= 11 is 0. The normalized spacial score (nSPS) is 10.1. The third-order valence-corrected chi connectivity index (χ3v) is 2.73. The molecule has 0 saturated carbocycles. The van der Waals surface area contributed by atoms with Crippen molar-refractivity contribution < 1.29 is 14.3 Å². The fourth-order valence-electron chi connectivity index (χ4n) is 1.67. The number of carbonyl (C=O) groups is 1. The Labute approximate surface area is 108 Å². The van der Waals surface area contributed by atoms with Gasteiger partial charge in [-0.05, 0) is 18.6 Å². The number of ether oxygens (including phenoxy) is 2. The summed E-state index contributed by atoms with van der Waals surface area (Å²) in [6, 6.07) is 5.14. The average molecular weight is 251 g/mol. The van der Waals surface area contributed by atoms with Crippen LogP contribution in [0.5, 0.6) is 5.75 Å². The minimum atomic E-state index is -0.441. The lowest BCUT2D eigenvalue weighted by atomic mass is 10.1. The molecule has 0 bridgehead atoms. The van der Waals surface area contributed by atoms with Crippen LogP contribution in [0.25, 0.3) is 0 Å². The number of nitrogen functional groups attached to an aromatic ring is 1. The van der Waals surface area contributed by atoms with Gasteiger partial charge in [-0.25, -0.2) is 4.79 Å². The van der Waals surface area contributed by atoms with E-state index in [9.17, 15) is 4.79 Å². The first-order chi connectivity index (χ1) is 8.70. The lowest BCUT2D eigenvalue weighted by Gasteiger charge is -2.11. The molecule has 4 nitrogen and oxygen atoms in total. The van der Waals surface area contributed by atoms with E-state index in [1.807, 2.05) is 0 Å². The van der Waals surface area contributed by atoms with Crippen molar-refractivity contribution in [2.45, 2.75) is 32.6 Å². The molecule has 0 fully saturated rings. The van der Waals surface area contributed by atoms with E-state index >= 15 is 0 Å². The molecule has 100 valence electrons. The lowest BCUT2D eigenvalue weighted by molar-refractivity contribution is 0.0601. The zero-order chi connectivity index (χ0) is 13.4. The highest BCUT2D eigenvalue weighted by Crippen LogP contribution is 2.25. The molecule has 1 rings (SSSR count). The van der Waals surface area contributed by atoms with Crippen molar-refractivity contribution >= 4 is 11.7 Å². The second-order valence-electron chi connectivity index (χ2n) is 4.12. The molecule has 0 heterocycles. The monoisotopic (exact) mass is 251 g/mol. The summed E-state index contributed by atoms with van der Waals surface area (Å²) in [7, 11) is 1.33. The molecule has 0 aliphatic heterocycles. The molecule has 2 N–H and O–H groups in total. The Balaban J connectivity index is 2.58. The minimum Gasteiger partial charge on any atom is -0.491 e. The van der Waals surface area contributed by atoms with Crippen LogP contribution in [0.3, 0.4) is 0 Å². The van der Waals surface area contributed by atoms with E-state index in [1.165, 1.54) is 20.0 Å². The van der Waals surface area contributed by atoms with E-state index in [1.54, 1.807) is 18.2 Å². The molecule has 0 atom stereocenters. The summed E-state index contributed by atoms with van der Waals surface area (Å²) in [4.78, 5) is 11.4. The number of methoxy groups -OCH3 is 1. The number of hydrogen-bond donors (Lipinski definition) is 1. The largest absolute Gasteiger partial charge is 0.491 e. The standard InChI is InChI=1S/C14H21NO3/c1-3-4-5-6-10-18-12-9-7-8-11(13(12)15)14(16)17-2/h7-9H,3-6,10,15H2,1-2H3. The maximum absolute atomic E-state index is 11.4. The van der Waals surface area contributed by atoms with Gasteiger partial charge >= 0.3 is 5.97 Å². The van der Waals surface area contributed by atoms with Crippen LogP contribution in [0.15, 0.2) is 18.2 Å². The van der Waals surface area contributed by atoms with Gasteiger partial charge in [0.25, 0.3) is 0 Å². The predicted octanol–water partition coefficient (Wildman–Crippen LogP) is 3.01. The van der Waals surface area contributed by atoms with Crippen molar-refractivity contribution in [3.8, 4) is 5.75 Å². The first-order valence-corrected chi connectivity index (χ1v) is 6.30. The van der Waals surface area contributed by atoms with Crippen LogP contribution >= 0.6 is 0 Å². The van der Waals surface area contributed by atoms with Gasteiger partial charge in [-0.2, -0.15) is 0 Å². The minimum absolute atomic E-state index is 0.347. The Morgan fingerprint density at radius 3 is 2.72 bits per heavy atom. The maximum Gasteiger partial charge on any atom is 0.340 e. The Bertz CT molecular complexity index is 391. The molecule has 0 amide bonds. The fraction of sp³-hybridized carbons (Fsp3) is 0.500. The zero-order valence-electron chi connectivity index (χ0n) is 11.1. The van der Waals surface area contributed by atoms with Gasteiger partial charge < -0.3 is 15.2 Å². The fourth-order valence-corrected chi connectivity index (χ4v) is 1.67. The van der Waals surface area contributed by atoms with Crippen molar-refractivity contribution in [1.82, 2.24) is 0 Å². The second-order valence-corrected chi connectivity index (χ2v) is 4.12. The van der Waals surface area contributed by atoms with Crippen molar-refractivity contribution in [1.29, 1.82) is 0 Å². The van der Waals surface area contributed by atoms with E-state index in [0.29, 0.717) is 23.6 Å². The number of hydrogen-bond acceptors (Lipinski definition) is 4. The number of unbranched alkanes of at least 4 members (excludes halogenated alkanes) is 3. The number of nitrogens with two attached hydrogens (primary N) is 1. The number of carbonyl (C=O) groups excluding carboxylic acids is 1. The smallest absolute Gasteiger partial charge is 0.340 e. The number of rotatable bonds is 7. The second kappa shape index (κ2) is 7.58. The summed E-state index contributed by atoms with van der Waals surface area (Å²) in [5, 5.41) is 0. The van der Waals surface area contributed by atoms with Gasteiger partial charge in [0, 0.05) is 0 Å². The number of benzene rings is 1. The quantitative estimate of drug-likeness (QED) is 0.459. The molecule has 0 aromatic heterocycles. The summed E-state index contributed by atoms with van der Waals surface area (Å²) in [5.41, 5.74) is 6.57. The van der Waals surface area contributed by atoms with Crippen LogP contribution in [-0.2, 0) is 4.74 Å². The van der Waals surface area contributed by atoms with Crippen molar-refractivity contribution in [2.24, 2.45) is 0 Å². The van der Waals surface area contributed by atoms with Crippen molar-refractivity contribution in [3.05, 3.63) is 23.8 Å².